The molecule has 114 valence electrons. The summed E-state index contributed by atoms with van der Waals surface area (Å²) in [5.74, 6) is 0.212. The number of nitrogens with zero attached hydrogens (tertiary/aromatic N) is 1. The maximum atomic E-state index is 12.1. The summed E-state index contributed by atoms with van der Waals surface area (Å²) in [4.78, 5) is 2.31. The van der Waals surface area contributed by atoms with E-state index in [0.29, 0.717) is 19.6 Å². The molecule has 0 aromatic carbocycles. The number of ether oxygens (including phenoxy) is 1. The van der Waals surface area contributed by atoms with Crippen molar-refractivity contribution in [3.63, 3.8) is 0 Å². The molecular formula is C13H28N2O3S. The van der Waals surface area contributed by atoms with E-state index in [1.807, 2.05) is 6.92 Å². The van der Waals surface area contributed by atoms with Crippen LogP contribution in [-0.4, -0.2) is 69.8 Å². The average Bonchev–Trinajstić information content (AvgIpc) is 2.81. The zero-order valence-corrected chi connectivity index (χ0v) is 13.2. The normalized spacial score (nSPS) is 24.2. The number of hydrogen-bond acceptors (Lipinski definition) is 5. The van der Waals surface area contributed by atoms with Crippen LogP contribution in [0.2, 0.25) is 0 Å². The fourth-order valence-electron chi connectivity index (χ4n) is 2.45. The molecule has 0 spiro atoms. The minimum Gasteiger partial charge on any atom is -0.377 e. The van der Waals surface area contributed by atoms with E-state index in [2.05, 4.69) is 24.1 Å². The molecule has 0 bridgehead atoms. The molecule has 0 aromatic heterocycles. The highest BCUT2D eigenvalue weighted by Gasteiger charge is 2.35. The van der Waals surface area contributed by atoms with Crippen molar-refractivity contribution in [3.05, 3.63) is 0 Å². The first-order chi connectivity index (χ1) is 9.01. The highest BCUT2D eigenvalue weighted by molar-refractivity contribution is 7.92. The van der Waals surface area contributed by atoms with E-state index in [1.165, 1.54) is 0 Å². The van der Waals surface area contributed by atoms with Crippen LogP contribution in [0.1, 0.15) is 27.2 Å². The molecule has 0 aliphatic carbocycles. The van der Waals surface area contributed by atoms with Crippen molar-refractivity contribution in [2.45, 2.75) is 38.5 Å². The highest BCUT2D eigenvalue weighted by atomic mass is 32.2. The first-order valence-electron chi connectivity index (χ1n) is 7.27. The molecule has 2 unspecified atom stereocenters. The van der Waals surface area contributed by atoms with Gasteiger partial charge in [-0.25, -0.2) is 8.42 Å². The Morgan fingerprint density at radius 1 is 1.26 bits per heavy atom. The summed E-state index contributed by atoms with van der Waals surface area (Å²) >= 11 is 0. The number of hydrogen-bond donors (Lipinski definition) is 1. The third-order valence-corrected chi connectivity index (χ3v) is 6.15. The van der Waals surface area contributed by atoms with Gasteiger partial charge in [0.2, 0.25) is 0 Å². The van der Waals surface area contributed by atoms with E-state index in [1.54, 1.807) is 0 Å². The zero-order chi connectivity index (χ0) is 14.3. The van der Waals surface area contributed by atoms with E-state index in [0.717, 1.165) is 26.2 Å². The first kappa shape index (κ1) is 16.9. The molecule has 1 rings (SSSR count). The molecule has 1 heterocycles. The SMILES string of the molecule is CCN(CC)CCNCCS(=O)(=O)C1CCOC1C. The van der Waals surface area contributed by atoms with Crippen molar-refractivity contribution in [1.82, 2.24) is 10.2 Å². The van der Waals surface area contributed by atoms with Gasteiger partial charge in [0.25, 0.3) is 0 Å². The number of rotatable bonds is 9. The Bertz CT molecular complexity index is 342. The summed E-state index contributed by atoms with van der Waals surface area (Å²) in [6.45, 7) is 11.1. The summed E-state index contributed by atoms with van der Waals surface area (Å²) in [7, 11) is -3.02. The molecule has 1 N–H and O–H groups in total. The molecule has 1 aliphatic rings. The van der Waals surface area contributed by atoms with Crippen LogP contribution in [0, 0.1) is 0 Å². The van der Waals surface area contributed by atoms with Gasteiger partial charge in [-0.05, 0) is 26.4 Å². The molecule has 2 atom stereocenters. The lowest BCUT2D eigenvalue weighted by atomic mass is 10.3. The topological polar surface area (TPSA) is 58.6 Å². The van der Waals surface area contributed by atoms with E-state index < -0.39 is 9.84 Å². The number of likely N-dealkylation sites (N-methyl/N-ethyl adjacent to an activating group) is 1. The van der Waals surface area contributed by atoms with E-state index in [4.69, 9.17) is 4.74 Å². The molecule has 0 amide bonds. The first-order valence-corrected chi connectivity index (χ1v) is 8.99. The van der Waals surface area contributed by atoms with Crippen LogP contribution in [0.4, 0.5) is 0 Å². The van der Waals surface area contributed by atoms with Crippen molar-refractivity contribution in [2.75, 3.05) is 45.1 Å². The Kier molecular flexibility index (Phi) is 7.28. The van der Waals surface area contributed by atoms with Crippen LogP contribution in [-0.2, 0) is 14.6 Å². The third kappa shape index (κ3) is 5.38. The number of sulfone groups is 1. The van der Waals surface area contributed by atoms with Crippen molar-refractivity contribution in [1.29, 1.82) is 0 Å². The van der Waals surface area contributed by atoms with Crippen LogP contribution < -0.4 is 5.32 Å². The van der Waals surface area contributed by atoms with Gasteiger partial charge in [0.05, 0.1) is 17.1 Å². The van der Waals surface area contributed by atoms with E-state index in [9.17, 15) is 8.42 Å². The number of nitrogens with one attached hydrogen (secondary N) is 1. The largest absolute Gasteiger partial charge is 0.377 e. The fourth-order valence-corrected chi connectivity index (χ4v) is 4.30. The van der Waals surface area contributed by atoms with Crippen molar-refractivity contribution < 1.29 is 13.2 Å². The Labute approximate surface area is 117 Å². The fraction of sp³-hybridized carbons (Fsp3) is 1.00. The molecule has 5 nitrogen and oxygen atoms in total. The Balaban J connectivity index is 2.21. The van der Waals surface area contributed by atoms with Crippen LogP contribution in [0.3, 0.4) is 0 Å². The van der Waals surface area contributed by atoms with Crippen LogP contribution in [0.5, 0.6) is 0 Å². The summed E-state index contributed by atoms with van der Waals surface area (Å²) < 4.78 is 29.6. The molecule has 0 saturated carbocycles. The molecule has 0 aromatic rings. The lowest BCUT2D eigenvalue weighted by molar-refractivity contribution is 0.126. The van der Waals surface area contributed by atoms with Gasteiger partial charge in [-0.15, -0.1) is 0 Å². The van der Waals surface area contributed by atoms with Gasteiger partial charge in [-0.1, -0.05) is 13.8 Å². The molecule has 0 radical (unpaired) electrons. The minimum atomic E-state index is -3.02. The maximum Gasteiger partial charge on any atom is 0.157 e. The Hall–Kier alpha value is -0.170. The lowest BCUT2D eigenvalue weighted by Gasteiger charge is -2.18. The third-order valence-electron chi connectivity index (χ3n) is 3.83. The van der Waals surface area contributed by atoms with E-state index in [-0.39, 0.29) is 17.1 Å². The molecule has 1 saturated heterocycles. The smallest absolute Gasteiger partial charge is 0.157 e. The van der Waals surface area contributed by atoms with E-state index >= 15 is 0 Å². The standard InChI is InChI=1S/C13H28N2O3S/c1-4-15(5-2)9-7-14-8-11-19(16,17)13-6-10-18-12(13)3/h12-14H,4-11H2,1-3H3. The van der Waals surface area contributed by atoms with Gasteiger partial charge in [0.1, 0.15) is 0 Å². The minimum absolute atomic E-state index is 0.152. The molecular weight excluding hydrogens is 264 g/mol. The van der Waals surface area contributed by atoms with Crippen LogP contribution in [0.25, 0.3) is 0 Å². The Morgan fingerprint density at radius 2 is 1.95 bits per heavy atom. The van der Waals surface area contributed by atoms with Crippen LogP contribution >= 0.6 is 0 Å². The lowest BCUT2D eigenvalue weighted by Crippen LogP contribution is -2.37. The summed E-state index contributed by atoms with van der Waals surface area (Å²) in [6.07, 6.45) is 0.490. The summed E-state index contributed by atoms with van der Waals surface area (Å²) in [6, 6.07) is 0. The van der Waals surface area contributed by atoms with Crippen LogP contribution in [0.15, 0.2) is 0 Å². The molecule has 1 fully saturated rings. The molecule has 19 heavy (non-hydrogen) atoms. The van der Waals surface area contributed by atoms with Gasteiger partial charge >= 0.3 is 0 Å². The monoisotopic (exact) mass is 292 g/mol. The van der Waals surface area contributed by atoms with Crippen molar-refractivity contribution in [3.8, 4) is 0 Å². The van der Waals surface area contributed by atoms with Gasteiger partial charge in [-0.2, -0.15) is 0 Å². The zero-order valence-electron chi connectivity index (χ0n) is 12.4. The van der Waals surface area contributed by atoms with Gasteiger partial charge in [0, 0.05) is 26.2 Å². The van der Waals surface area contributed by atoms with Crippen molar-refractivity contribution >= 4 is 9.84 Å². The van der Waals surface area contributed by atoms with Gasteiger partial charge < -0.3 is 15.0 Å². The van der Waals surface area contributed by atoms with Crippen molar-refractivity contribution in [2.24, 2.45) is 0 Å². The predicted molar refractivity (Wildman–Crippen MR) is 78.3 cm³/mol. The Morgan fingerprint density at radius 3 is 2.47 bits per heavy atom. The second-order valence-electron chi connectivity index (χ2n) is 5.05. The molecule has 6 heteroatoms. The second kappa shape index (κ2) is 8.19. The highest BCUT2D eigenvalue weighted by Crippen LogP contribution is 2.21. The maximum absolute atomic E-state index is 12.1. The predicted octanol–water partition coefficient (Wildman–Crippen LogP) is 0.510. The van der Waals surface area contributed by atoms with Gasteiger partial charge in [0.15, 0.2) is 9.84 Å². The molecule has 1 aliphatic heterocycles. The average molecular weight is 292 g/mol. The van der Waals surface area contributed by atoms with Gasteiger partial charge in [-0.3, -0.25) is 0 Å². The second-order valence-corrected chi connectivity index (χ2v) is 7.39. The summed E-state index contributed by atoms with van der Waals surface area (Å²) in [5.41, 5.74) is 0. The summed E-state index contributed by atoms with van der Waals surface area (Å²) in [5, 5.41) is 2.91. The quantitative estimate of drug-likeness (QED) is 0.628.